The van der Waals surface area contributed by atoms with Crippen molar-refractivity contribution in [1.29, 1.82) is 0 Å². The van der Waals surface area contributed by atoms with Gasteiger partial charge >= 0.3 is 0 Å². The van der Waals surface area contributed by atoms with Crippen LogP contribution in [-0.4, -0.2) is 107 Å². The van der Waals surface area contributed by atoms with E-state index in [-0.39, 0.29) is 22.4 Å². The van der Waals surface area contributed by atoms with Crippen LogP contribution in [0.1, 0.15) is 24.2 Å². The van der Waals surface area contributed by atoms with Gasteiger partial charge in [-0.15, -0.1) is 0 Å². The summed E-state index contributed by atoms with van der Waals surface area (Å²) in [5.74, 6) is 2.08. The van der Waals surface area contributed by atoms with Gasteiger partial charge in [-0.25, -0.2) is 35.4 Å². The number of hydrogen-bond donors (Lipinski definition) is 3. The third-order valence-electron chi connectivity index (χ3n) is 9.03. The average Bonchev–Trinajstić information content (AvgIpc) is 3.84. The molecule has 298 valence electrons. The van der Waals surface area contributed by atoms with Crippen molar-refractivity contribution < 1.29 is 21.9 Å². The highest BCUT2D eigenvalue weighted by Crippen LogP contribution is 2.32. The van der Waals surface area contributed by atoms with E-state index in [1.165, 1.54) is 36.8 Å². The Kier molecular flexibility index (Phi) is 12.3. The molecule has 1 atom stereocenters. The van der Waals surface area contributed by atoms with E-state index < -0.39 is 20.0 Å². The van der Waals surface area contributed by atoms with Crippen molar-refractivity contribution in [2.75, 3.05) is 56.9 Å². The molecule has 1 fully saturated rings. The number of anilines is 5. The fraction of sp³-hybridized carbons (Fsp3) is 0.314. The van der Waals surface area contributed by atoms with E-state index in [0.29, 0.717) is 33.8 Å². The summed E-state index contributed by atoms with van der Waals surface area (Å²) < 4.78 is 56.2. The van der Waals surface area contributed by atoms with Crippen molar-refractivity contribution in [2.45, 2.75) is 42.5 Å². The topological polar surface area (TPSA) is 183 Å². The number of halogens is 3. The molecule has 5 heterocycles. The van der Waals surface area contributed by atoms with Crippen LogP contribution in [0.2, 0.25) is 5.15 Å². The number of rotatable bonds is 10. The number of benzene rings is 2. The Labute approximate surface area is 346 Å². The molecule has 0 unspecified atom stereocenters. The van der Waals surface area contributed by atoms with Crippen LogP contribution in [-0.2, 0) is 20.0 Å². The van der Waals surface area contributed by atoms with Crippen LogP contribution in [0.4, 0.5) is 28.8 Å². The lowest BCUT2D eigenvalue weighted by molar-refractivity contribution is 0.266. The molecular weight excluding hydrogens is 914 g/mol. The first-order chi connectivity index (χ1) is 26.4. The molecular formula is C35H40Br2ClN11O5S2. The SMILES string of the molecule is Cc1nn2c(Nc3ccc(S(=O)(=O)N(C)C)cc3)cc(Cl)nc2c1Br.Cc1nn2c(Nc3ccc(S(=O)(=O)N(C)C)cc3)cc(N3CCC[C@@H]3CO)nc2c1Br. The predicted molar refractivity (Wildman–Crippen MR) is 225 cm³/mol. The number of aliphatic hydroxyl groups is 1. The van der Waals surface area contributed by atoms with Gasteiger partial charge in [0.05, 0.1) is 42.8 Å². The largest absolute Gasteiger partial charge is 0.394 e. The zero-order valence-electron chi connectivity index (χ0n) is 31.2. The second-order valence-corrected chi connectivity index (χ2v) is 19.6. The van der Waals surface area contributed by atoms with E-state index in [1.54, 1.807) is 63.6 Å². The van der Waals surface area contributed by atoms with Crippen LogP contribution in [0.3, 0.4) is 0 Å². The molecule has 0 radical (unpaired) electrons. The molecule has 3 N–H and O–H groups in total. The quantitative estimate of drug-likeness (QED) is 0.133. The van der Waals surface area contributed by atoms with Gasteiger partial charge in [0.25, 0.3) is 0 Å². The van der Waals surface area contributed by atoms with Crippen LogP contribution >= 0.6 is 43.5 Å². The molecule has 0 aliphatic carbocycles. The van der Waals surface area contributed by atoms with Gasteiger partial charge in [-0.1, -0.05) is 11.6 Å². The van der Waals surface area contributed by atoms with E-state index in [2.05, 4.69) is 62.6 Å². The zero-order valence-corrected chi connectivity index (χ0v) is 36.8. The fourth-order valence-corrected chi connectivity index (χ4v) is 8.60. The molecule has 0 saturated carbocycles. The molecule has 56 heavy (non-hydrogen) atoms. The highest BCUT2D eigenvalue weighted by molar-refractivity contribution is 9.11. The number of aromatic nitrogens is 6. The number of fused-ring (bicyclic) bond motifs is 2. The van der Waals surface area contributed by atoms with Gasteiger partial charge in [-0.2, -0.15) is 19.2 Å². The number of sulfonamides is 2. The minimum absolute atomic E-state index is 0.0427. The zero-order chi connectivity index (χ0) is 40.7. The lowest BCUT2D eigenvalue weighted by Crippen LogP contribution is -2.32. The van der Waals surface area contributed by atoms with Gasteiger partial charge in [-0.3, -0.25) is 0 Å². The predicted octanol–water partition coefficient (Wildman–Crippen LogP) is 6.20. The van der Waals surface area contributed by atoms with Crippen LogP contribution in [0, 0.1) is 13.8 Å². The molecule has 2 aromatic carbocycles. The summed E-state index contributed by atoms with van der Waals surface area (Å²) in [4.78, 5) is 11.6. The van der Waals surface area contributed by atoms with Crippen molar-refractivity contribution >= 4 is 104 Å². The molecule has 4 aromatic heterocycles. The Hall–Kier alpha value is -3.89. The first-order valence-electron chi connectivity index (χ1n) is 17.2. The molecule has 1 aliphatic rings. The Morgan fingerprint density at radius 2 is 1.21 bits per heavy atom. The molecule has 21 heteroatoms. The van der Waals surface area contributed by atoms with Gasteiger partial charge in [0.1, 0.15) is 22.6 Å². The van der Waals surface area contributed by atoms with E-state index >= 15 is 0 Å². The molecule has 0 amide bonds. The number of hydrogen-bond acceptors (Lipinski definition) is 12. The lowest BCUT2D eigenvalue weighted by atomic mass is 10.2. The van der Waals surface area contributed by atoms with Crippen LogP contribution in [0.15, 0.2) is 79.4 Å². The summed E-state index contributed by atoms with van der Waals surface area (Å²) in [6.07, 6.45) is 1.93. The van der Waals surface area contributed by atoms with E-state index in [0.717, 1.165) is 51.2 Å². The van der Waals surface area contributed by atoms with E-state index in [1.807, 2.05) is 19.9 Å². The molecule has 1 saturated heterocycles. The number of aryl methyl sites for hydroxylation is 2. The third kappa shape index (κ3) is 8.38. The van der Waals surface area contributed by atoms with Gasteiger partial charge in [0.2, 0.25) is 20.0 Å². The molecule has 0 spiro atoms. The second kappa shape index (κ2) is 16.5. The molecule has 6 aromatic rings. The summed E-state index contributed by atoms with van der Waals surface area (Å²) in [5.41, 5.74) is 4.28. The molecule has 0 bridgehead atoms. The van der Waals surface area contributed by atoms with Crippen molar-refractivity contribution in [1.82, 2.24) is 37.8 Å². The summed E-state index contributed by atoms with van der Waals surface area (Å²) in [7, 11) is -0.945. The molecule has 1 aliphatic heterocycles. The fourth-order valence-electron chi connectivity index (χ4n) is 5.94. The summed E-state index contributed by atoms with van der Waals surface area (Å²) >= 11 is 13.1. The normalized spacial score (nSPS) is 14.9. The number of nitrogens with one attached hydrogen (secondary N) is 2. The minimum Gasteiger partial charge on any atom is -0.394 e. The van der Waals surface area contributed by atoms with Crippen molar-refractivity contribution in [2.24, 2.45) is 0 Å². The maximum Gasteiger partial charge on any atom is 0.242 e. The summed E-state index contributed by atoms with van der Waals surface area (Å²) in [5, 5.41) is 25.6. The maximum absolute atomic E-state index is 12.3. The number of nitrogens with zero attached hydrogens (tertiary/aromatic N) is 9. The Balaban J connectivity index is 0.000000194. The van der Waals surface area contributed by atoms with Crippen LogP contribution < -0.4 is 15.5 Å². The average molecular weight is 954 g/mol. The molecule has 16 nitrogen and oxygen atoms in total. The standard InChI is InChI=1S/C20H25BrN6O3S.C15H15BrClN5O2S/c1-13-19(21)20-23-17(26-10-4-5-15(26)12-28)11-18(27(20)24-13)22-14-6-8-16(9-7-14)31(29,30)25(2)3;1-9-14(16)15-19-12(17)8-13(22(15)20-9)18-10-4-6-11(7-5-10)25(23,24)21(2)3/h6-9,11,15,22,28H,4-5,10,12H2,1-3H3;4-8,18H,1-3H3/t15-;/m1./s1. The smallest absolute Gasteiger partial charge is 0.242 e. The monoisotopic (exact) mass is 951 g/mol. The van der Waals surface area contributed by atoms with Crippen molar-refractivity contribution in [3.8, 4) is 0 Å². The molecule has 7 rings (SSSR count). The van der Waals surface area contributed by atoms with Gasteiger partial charge in [0.15, 0.2) is 11.3 Å². The summed E-state index contributed by atoms with van der Waals surface area (Å²) in [6, 6.07) is 16.6. The van der Waals surface area contributed by atoms with Gasteiger partial charge in [0, 0.05) is 58.2 Å². The van der Waals surface area contributed by atoms with Gasteiger partial charge < -0.3 is 20.6 Å². The summed E-state index contributed by atoms with van der Waals surface area (Å²) in [6.45, 7) is 4.67. The lowest BCUT2D eigenvalue weighted by Gasteiger charge is -2.25. The minimum atomic E-state index is -3.49. The van der Waals surface area contributed by atoms with Crippen LogP contribution in [0.25, 0.3) is 11.3 Å². The Morgan fingerprint density at radius 1 is 0.768 bits per heavy atom. The van der Waals surface area contributed by atoms with E-state index in [4.69, 9.17) is 16.6 Å². The first-order valence-corrected chi connectivity index (χ1v) is 22.0. The second-order valence-electron chi connectivity index (χ2n) is 13.3. The van der Waals surface area contributed by atoms with Crippen LogP contribution in [0.5, 0.6) is 0 Å². The third-order valence-corrected chi connectivity index (χ3v) is 14.7. The first kappa shape index (κ1) is 41.7. The Morgan fingerprint density at radius 3 is 1.66 bits per heavy atom. The van der Waals surface area contributed by atoms with Crippen molar-refractivity contribution in [3.63, 3.8) is 0 Å². The maximum atomic E-state index is 12.3. The van der Waals surface area contributed by atoms with E-state index in [9.17, 15) is 21.9 Å². The van der Waals surface area contributed by atoms with Gasteiger partial charge in [-0.05, 0) is 107 Å². The number of aliphatic hydroxyl groups excluding tert-OH is 1. The van der Waals surface area contributed by atoms with Crippen molar-refractivity contribution in [3.05, 3.63) is 86.2 Å². The highest BCUT2D eigenvalue weighted by atomic mass is 79.9. The highest BCUT2D eigenvalue weighted by Gasteiger charge is 2.27. The Bertz CT molecular complexity index is 2620.